The molecule has 0 saturated carbocycles. The first-order valence-corrected chi connectivity index (χ1v) is 6.25. The van der Waals surface area contributed by atoms with E-state index in [2.05, 4.69) is 10.3 Å². The van der Waals surface area contributed by atoms with Crippen molar-refractivity contribution in [2.75, 3.05) is 0 Å². The minimum atomic E-state index is -1.14. The molecule has 0 fully saturated rings. The molecular weight excluding hydrogens is 275 g/mol. The molecule has 0 aliphatic carbocycles. The number of halogens is 1. The van der Waals surface area contributed by atoms with Gasteiger partial charge in [-0.25, -0.2) is 14.2 Å². The lowest BCUT2D eigenvalue weighted by molar-refractivity contribution is -0.139. The molecule has 0 spiro atoms. The molecule has 0 bridgehead atoms. The Morgan fingerprint density at radius 2 is 1.90 bits per heavy atom. The Balaban J connectivity index is 2.07. The van der Waals surface area contributed by atoms with Crippen LogP contribution in [0.4, 0.5) is 4.39 Å². The highest BCUT2D eigenvalue weighted by Crippen LogP contribution is 2.05. The molecule has 21 heavy (non-hydrogen) atoms. The van der Waals surface area contributed by atoms with Gasteiger partial charge in [-0.15, -0.1) is 0 Å². The Hall–Kier alpha value is -2.76. The highest BCUT2D eigenvalue weighted by atomic mass is 19.1. The van der Waals surface area contributed by atoms with Crippen molar-refractivity contribution in [3.63, 3.8) is 0 Å². The van der Waals surface area contributed by atoms with E-state index < -0.39 is 23.7 Å². The summed E-state index contributed by atoms with van der Waals surface area (Å²) in [6.07, 6.45) is 1.06. The van der Waals surface area contributed by atoms with Crippen LogP contribution in [0.25, 0.3) is 0 Å². The van der Waals surface area contributed by atoms with Gasteiger partial charge in [0.15, 0.2) is 0 Å². The molecule has 0 unspecified atom stereocenters. The lowest BCUT2D eigenvalue weighted by atomic mass is 10.1. The summed E-state index contributed by atoms with van der Waals surface area (Å²) >= 11 is 0. The van der Waals surface area contributed by atoms with E-state index in [1.54, 1.807) is 24.3 Å². The number of hydrogen-bond donors (Lipinski definition) is 2. The van der Waals surface area contributed by atoms with Gasteiger partial charge in [0.2, 0.25) is 0 Å². The van der Waals surface area contributed by atoms with Crippen molar-refractivity contribution in [3.8, 4) is 0 Å². The van der Waals surface area contributed by atoms with E-state index in [4.69, 9.17) is 0 Å². The fourth-order valence-corrected chi connectivity index (χ4v) is 1.79. The fraction of sp³-hybridized carbons (Fsp3) is 0.133. The van der Waals surface area contributed by atoms with E-state index in [0.29, 0.717) is 0 Å². The van der Waals surface area contributed by atoms with E-state index in [1.165, 1.54) is 6.07 Å². The molecule has 5 nitrogen and oxygen atoms in total. The molecule has 1 atom stereocenters. The summed E-state index contributed by atoms with van der Waals surface area (Å²) in [5.74, 6) is -2.36. The molecule has 1 amide bonds. The predicted octanol–water partition coefficient (Wildman–Crippen LogP) is 1.65. The number of rotatable bonds is 5. The molecule has 0 aliphatic rings. The average Bonchev–Trinajstić information content (AvgIpc) is 2.48. The second kappa shape index (κ2) is 6.60. The summed E-state index contributed by atoms with van der Waals surface area (Å²) < 4.78 is 12.7. The third kappa shape index (κ3) is 4.10. The van der Waals surface area contributed by atoms with Crippen molar-refractivity contribution in [1.82, 2.24) is 10.3 Å². The van der Waals surface area contributed by atoms with Crippen LogP contribution in [0.3, 0.4) is 0 Å². The van der Waals surface area contributed by atoms with Crippen molar-refractivity contribution in [2.24, 2.45) is 0 Å². The number of aliphatic carboxylic acids is 1. The number of nitrogens with zero attached hydrogens (tertiary/aromatic N) is 1. The number of hydrogen-bond acceptors (Lipinski definition) is 3. The smallest absolute Gasteiger partial charge is 0.326 e. The number of carbonyl (C=O) groups excluding carboxylic acids is 1. The Morgan fingerprint density at radius 1 is 1.19 bits per heavy atom. The predicted molar refractivity (Wildman–Crippen MR) is 73.2 cm³/mol. The third-order valence-corrected chi connectivity index (χ3v) is 2.85. The normalized spacial score (nSPS) is 11.7. The topological polar surface area (TPSA) is 79.3 Å². The SMILES string of the molecule is O=C(N[C@@H](Cc1ccccc1)C(=O)O)c1ccc(F)cn1. The van der Waals surface area contributed by atoms with Crippen LogP contribution in [0.5, 0.6) is 0 Å². The van der Waals surface area contributed by atoms with Gasteiger partial charge in [-0.2, -0.15) is 0 Å². The first kappa shape index (κ1) is 14.6. The summed E-state index contributed by atoms with van der Waals surface area (Å²) in [5, 5.41) is 11.6. The van der Waals surface area contributed by atoms with Crippen LogP contribution in [-0.2, 0) is 11.2 Å². The van der Waals surface area contributed by atoms with Crippen molar-refractivity contribution in [2.45, 2.75) is 12.5 Å². The minimum absolute atomic E-state index is 0.0317. The quantitative estimate of drug-likeness (QED) is 0.876. The lowest BCUT2D eigenvalue weighted by Crippen LogP contribution is -2.42. The second-order valence-corrected chi connectivity index (χ2v) is 4.42. The van der Waals surface area contributed by atoms with E-state index in [1.807, 2.05) is 6.07 Å². The first-order valence-electron chi connectivity index (χ1n) is 6.25. The van der Waals surface area contributed by atoms with Gasteiger partial charge in [-0.05, 0) is 17.7 Å². The summed E-state index contributed by atoms with van der Waals surface area (Å²) in [6, 6.07) is 10.2. The number of carboxylic acids is 1. The van der Waals surface area contributed by atoms with Crippen LogP contribution in [0, 0.1) is 5.82 Å². The van der Waals surface area contributed by atoms with Gasteiger partial charge in [0.1, 0.15) is 17.6 Å². The molecule has 0 saturated heterocycles. The van der Waals surface area contributed by atoms with Crippen molar-refractivity contribution >= 4 is 11.9 Å². The van der Waals surface area contributed by atoms with Crippen LogP contribution in [0.1, 0.15) is 16.1 Å². The van der Waals surface area contributed by atoms with Crippen molar-refractivity contribution < 1.29 is 19.1 Å². The maximum atomic E-state index is 12.7. The standard InChI is InChI=1S/C15H13FN2O3/c16-11-6-7-12(17-9-11)14(19)18-13(15(20)21)8-10-4-2-1-3-5-10/h1-7,9,13H,8H2,(H,18,19)(H,20,21)/t13-/m0/s1. The Kier molecular flexibility index (Phi) is 4.61. The van der Waals surface area contributed by atoms with Gasteiger partial charge in [0.25, 0.3) is 5.91 Å². The van der Waals surface area contributed by atoms with Gasteiger partial charge in [0, 0.05) is 6.42 Å². The largest absolute Gasteiger partial charge is 0.480 e. The van der Waals surface area contributed by atoms with Crippen LogP contribution < -0.4 is 5.32 Å². The summed E-state index contributed by atoms with van der Waals surface area (Å²) in [6.45, 7) is 0. The van der Waals surface area contributed by atoms with Gasteiger partial charge < -0.3 is 10.4 Å². The summed E-state index contributed by atoms with van der Waals surface area (Å²) in [5.41, 5.74) is 0.757. The van der Waals surface area contributed by atoms with Gasteiger partial charge in [0.05, 0.1) is 6.20 Å². The Labute approximate surface area is 120 Å². The number of nitrogens with one attached hydrogen (secondary N) is 1. The van der Waals surface area contributed by atoms with Gasteiger partial charge in [-0.3, -0.25) is 4.79 Å². The number of pyridine rings is 1. The second-order valence-electron chi connectivity index (χ2n) is 4.42. The number of amides is 1. The first-order chi connectivity index (χ1) is 10.1. The molecule has 1 aromatic heterocycles. The molecule has 1 heterocycles. The zero-order valence-corrected chi connectivity index (χ0v) is 11.0. The Morgan fingerprint density at radius 3 is 2.48 bits per heavy atom. The molecule has 108 valence electrons. The summed E-state index contributed by atoms with van der Waals surface area (Å²) in [7, 11) is 0. The van der Waals surface area contributed by atoms with Crippen LogP contribution in [-0.4, -0.2) is 28.0 Å². The molecule has 1 aromatic carbocycles. The fourth-order valence-electron chi connectivity index (χ4n) is 1.79. The Bertz CT molecular complexity index is 629. The van der Waals surface area contributed by atoms with Crippen LogP contribution in [0.15, 0.2) is 48.7 Å². The number of carboxylic acid groups (broad SMARTS) is 1. The third-order valence-electron chi connectivity index (χ3n) is 2.85. The number of carbonyl (C=O) groups is 2. The highest BCUT2D eigenvalue weighted by molar-refractivity contribution is 5.94. The van der Waals surface area contributed by atoms with Gasteiger partial charge >= 0.3 is 5.97 Å². The molecule has 0 aliphatic heterocycles. The summed E-state index contributed by atoms with van der Waals surface area (Å²) in [4.78, 5) is 26.7. The highest BCUT2D eigenvalue weighted by Gasteiger charge is 2.21. The monoisotopic (exact) mass is 288 g/mol. The average molecular weight is 288 g/mol. The number of benzene rings is 1. The minimum Gasteiger partial charge on any atom is -0.480 e. The van der Waals surface area contributed by atoms with E-state index in [0.717, 1.165) is 17.8 Å². The van der Waals surface area contributed by atoms with Gasteiger partial charge in [-0.1, -0.05) is 30.3 Å². The molecule has 0 radical (unpaired) electrons. The molecule has 2 rings (SSSR count). The molecular formula is C15H13FN2O3. The lowest BCUT2D eigenvalue weighted by Gasteiger charge is -2.14. The van der Waals surface area contributed by atoms with E-state index in [9.17, 15) is 19.1 Å². The zero-order chi connectivity index (χ0) is 15.2. The number of aromatic nitrogens is 1. The van der Waals surface area contributed by atoms with E-state index >= 15 is 0 Å². The molecule has 2 N–H and O–H groups in total. The maximum absolute atomic E-state index is 12.7. The van der Waals surface area contributed by atoms with Crippen molar-refractivity contribution in [1.29, 1.82) is 0 Å². The van der Waals surface area contributed by atoms with Crippen molar-refractivity contribution in [3.05, 3.63) is 65.7 Å². The molecule has 6 heteroatoms. The van der Waals surface area contributed by atoms with Crippen LogP contribution in [0.2, 0.25) is 0 Å². The zero-order valence-electron chi connectivity index (χ0n) is 11.0. The van der Waals surface area contributed by atoms with E-state index in [-0.39, 0.29) is 12.1 Å². The van der Waals surface area contributed by atoms with Crippen LogP contribution >= 0.6 is 0 Å². The molecule has 2 aromatic rings. The maximum Gasteiger partial charge on any atom is 0.326 e.